The van der Waals surface area contributed by atoms with Gasteiger partial charge in [-0.15, -0.1) is 11.8 Å². The number of aryl methyl sites for hydroxylation is 1. The second-order valence-corrected chi connectivity index (χ2v) is 5.46. The van der Waals surface area contributed by atoms with Crippen LogP contribution < -0.4 is 17.2 Å². The van der Waals surface area contributed by atoms with Crippen LogP contribution in [0, 0.1) is 6.92 Å². The van der Waals surface area contributed by atoms with Gasteiger partial charge in [-0.05, 0) is 6.92 Å². The van der Waals surface area contributed by atoms with Crippen LogP contribution in [0.25, 0.3) is 0 Å². The lowest BCUT2D eigenvalue weighted by Gasteiger charge is -2.01. The lowest BCUT2D eigenvalue weighted by atomic mass is 10.6. The van der Waals surface area contributed by atoms with Gasteiger partial charge >= 0.3 is 0 Å². The fraction of sp³-hybridized carbons (Fsp3) is 0.250. The van der Waals surface area contributed by atoms with Crippen LogP contribution >= 0.6 is 23.1 Å². The number of nitrogens with two attached hydrogens (primary N) is 3. The predicted octanol–water partition coefficient (Wildman–Crippen LogP) is 0.675. The summed E-state index contributed by atoms with van der Waals surface area (Å²) in [5.41, 5.74) is 17.5. The maximum Gasteiger partial charge on any atom is 0.225 e. The van der Waals surface area contributed by atoms with Gasteiger partial charge in [0.2, 0.25) is 11.9 Å². The first-order valence-electron chi connectivity index (χ1n) is 4.66. The van der Waals surface area contributed by atoms with E-state index in [4.69, 9.17) is 17.2 Å². The summed E-state index contributed by atoms with van der Waals surface area (Å²) >= 11 is 2.99. The predicted molar refractivity (Wildman–Crippen MR) is 69.5 cm³/mol. The van der Waals surface area contributed by atoms with Gasteiger partial charge in [0, 0.05) is 0 Å². The maximum atomic E-state index is 5.61. The van der Waals surface area contributed by atoms with E-state index in [-0.39, 0.29) is 11.9 Å². The Kier molecular flexibility index (Phi) is 3.29. The molecule has 0 aliphatic rings. The average Bonchev–Trinajstić information content (AvgIpc) is 2.53. The van der Waals surface area contributed by atoms with E-state index in [2.05, 4.69) is 19.9 Å². The summed E-state index contributed by atoms with van der Waals surface area (Å²) in [6.45, 7) is 1.91. The zero-order chi connectivity index (χ0) is 12.4. The van der Waals surface area contributed by atoms with E-state index in [1.807, 2.05) is 6.92 Å². The van der Waals surface area contributed by atoms with Crippen molar-refractivity contribution in [3.63, 3.8) is 0 Å². The van der Waals surface area contributed by atoms with Gasteiger partial charge < -0.3 is 17.2 Å². The van der Waals surface area contributed by atoms with Gasteiger partial charge in [0.05, 0.1) is 15.7 Å². The molecule has 2 aromatic rings. The van der Waals surface area contributed by atoms with Crippen LogP contribution in [-0.4, -0.2) is 19.9 Å². The van der Waals surface area contributed by atoms with E-state index in [0.717, 1.165) is 9.90 Å². The molecule has 2 heterocycles. The van der Waals surface area contributed by atoms with E-state index in [1.165, 1.54) is 11.3 Å². The van der Waals surface area contributed by atoms with Crippen molar-refractivity contribution in [1.29, 1.82) is 0 Å². The standard InChI is InChI=1S/C8H11N7S2/c1-3-5(17-8(11)12-3)16-2-4-13-6(9)15-7(10)14-4/h2H2,1H3,(H2,11,12)(H4,9,10,13,14,15). The third-order valence-electron chi connectivity index (χ3n) is 1.82. The number of hydrogen-bond donors (Lipinski definition) is 3. The Morgan fingerprint density at radius 1 is 1.06 bits per heavy atom. The van der Waals surface area contributed by atoms with Crippen molar-refractivity contribution in [1.82, 2.24) is 19.9 Å². The topological polar surface area (TPSA) is 130 Å². The van der Waals surface area contributed by atoms with Crippen molar-refractivity contribution < 1.29 is 0 Å². The Hall–Kier alpha value is -1.61. The minimum absolute atomic E-state index is 0.133. The van der Waals surface area contributed by atoms with Crippen molar-refractivity contribution in [2.24, 2.45) is 0 Å². The summed E-state index contributed by atoms with van der Waals surface area (Å²) in [5, 5.41) is 0.555. The molecule has 0 aliphatic heterocycles. The highest BCUT2D eigenvalue weighted by Gasteiger charge is 2.08. The highest BCUT2D eigenvalue weighted by atomic mass is 32.2. The number of hydrogen-bond acceptors (Lipinski definition) is 9. The van der Waals surface area contributed by atoms with E-state index in [9.17, 15) is 0 Å². The third-order valence-corrected chi connectivity index (χ3v) is 4.16. The Morgan fingerprint density at radius 2 is 1.71 bits per heavy atom. The molecule has 90 valence electrons. The van der Waals surface area contributed by atoms with Crippen LogP contribution in [0.15, 0.2) is 4.21 Å². The molecule has 7 nitrogen and oxygen atoms in total. The highest BCUT2D eigenvalue weighted by Crippen LogP contribution is 2.32. The van der Waals surface area contributed by atoms with E-state index >= 15 is 0 Å². The first kappa shape index (κ1) is 11.9. The monoisotopic (exact) mass is 269 g/mol. The molecule has 0 atom stereocenters. The minimum atomic E-state index is 0.133. The lowest BCUT2D eigenvalue weighted by Crippen LogP contribution is -2.05. The molecule has 17 heavy (non-hydrogen) atoms. The molecule has 0 aliphatic carbocycles. The zero-order valence-corrected chi connectivity index (χ0v) is 10.7. The SMILES string of the molecule is Cc1nc(N)sc1SCc1nc(N)nc(N)n1. The molecule has 0 saturated heterocycles. The number of nitrogen functional groups attached to an aromatic ring is 3. The molecule has 0 bridgehead atoms. The molecule has 6 N–H and O–H groups in total. The Labute approximate surface area is 106 Å². The number of thioether (sulfide) groups is 1. The molecule has 0 spiro atoms. The van der Waals surface area contributed by atoms with Crippen molar-refractivity contribution in [3.8, 4) is 0 Å². The minimum Gasteiger partial charge on any atom is -0.375 e. The van der Waals surface area contributed by atoms with Gasteiger partial charge in [0.1, 0.15) is 5.82 Å². The number of nitrogens with zero attached hydrogens (tertiary/aromatic N) is 4. The molecule has 9 heteroatoms. The summed E-state index contributed by atoms with van der Waals surface area (Å²) < 4.78 is 1.04. The zero-order valence-electron chi connectivity index (χ0n) is 9.04. The van der Waals surface area contributed by atoms with Gasteiger partial charge in [-0.1, -0.05) is 11.3 Å². The summed E-state index contributed by atoms with van der Waals surface area (Å²) in [5.74, 6) is 1.37. The molecule has 0 amide bonds. The quantitative estimate of drug-likeness (QED) is 0.693. The first-order chi connectivity index (χ1) is 8.04. The number of anilines is 3. The van der Waals surface area contributed by atoms with Crippen molar-refractivity contribution >= 4 is 40.1 Å². The molecule has 0 saturated carbocycles. The van der Waals surface area contributed by atoms with Crippen LogP contribution in [0.3, 0.4) is 0 Å². The van der Waals surface area contributed by atoms with Gasteiger partial charge in [-0.25, -0.2) is 4.98 Å². The fourth-order valence-corrected chi connectivity index (χ4v) is 3.07. The first-order valence-corrected chi connectivity index (χ1v) is 6.46. The third kappa shape index (κ3) is 2.94. The smallest absolute Gasteiger partial charge is 0.225 e. The van der Waals surface area contributed by atoms with Crippen molar-refractivity contribution in [2.75, 3.05) is 17.2 Å². The molecular weight excluding hydrogens is 258 g/mol. The largest absolute Gasteiger partial charge is 0.375 e. The summed E-state index contributed by atoms with van der Waals surface area (Å²) in [4.78, 5) is 15.8. The van der Waals surface area contributed by atoms with Crippen molar-refractivity contribution in [3.05, 3.63) is 11.5 Å². The fourth-order valence-electron chi connectivity index (χ4n) is 1.19. The second kappa shape index (κ2) is 4.72. The second-order valence-electron chi connectivity index (χ2n) is 3.18. The van der Waals surface area contributed by atoms with Crippen LogP contribution in [0.4, 0.5) is 17.0 Å². The molecule has 2 aromatic heterocycles. The van der Waals surface area contributed by atoms with Gasteiger partial charge in [0.25, 0.3) is 0 Å². The summed E-state index contributed by atoms with van der Waals surface area (Å²) in [7, 11) is 0. The van der Waals surface area contributed by atoms with E-state index in [1.54, 1.807) is 11.8 Å². The Balaban J connectivity index is 2.09. The Bertz CT molecular complexity index is 518. The number of rotatable bonds is 3. The number of thiazole rings is 1. The number of aromatic nitrogens is 4. The maximum absolute atomic E-state index is 5.61. The van der Waals surface area contributed by atoms with Crippen LogP contribution in [0.1, 0.15) is 11.5 Å². The van der Waals surface area contributed by atoms with Crippen molar-refractivity contribution in [2.45, 2.75) is 16.9 Å². The van der Waals surface area contributed by atoms with E-state index in [0.29, 0.717) is 16.7 Å². The summed E-state index contributed by atoms with van der Waals surface area (Å²) in [6, 6.07) is 0. The molecule has 0 radical (unpaired) electrons. The van der Waals surface area contributed by atoms with Crippen LogP contribution in [0.5, 0.6) is 0 Å². The molecule has 0 fully saturated rings. The average molecular weight is 269 g/mol. The Morgan fingerprint density at radius 3 is 2.24 bits per heavy atom. The van der Waals surface area contributed by atoms with Crippen LogP contribution in [0.2, 0.25) is 0 Å². The molecule has 0 unspecified atom stereocenters. The van der Waals surface area contributed by atoms with Gasteiger partial charge in [-0.3, -0.25) is 0 Å². The molecule has 2 rings (SSSR count). The normalized spacial score (nSPS) is 10.6. The summed E-state index contributed by atoms with van der Waals surface area (Å²) in [6.07, 6.45) is 0. The highest BCUT2D eigenvalue weighted by molar-refractivity contribution is 8.00. The van der Waals surface area contributed by atoms with Gasteiger partial charge in [0.15, 0.2) is 5.13 Å². The lowest BCUT2D eigenvalue weighted by molar-refractivity contribution is 0.988. The van der Waals surface area contributed by atoms with E-state index < -0.39 is 0 Å². The molecular formula is C8H11N7S2. The van der Waals surface area contributed by atoms with Crippen LogP contribution in [-0.2, 0) is 5.75 Å². The van der Waals surface area contributed by atoms with Gasteiger partial charge in [-0.2, -0.15) is 15.0 Å². The molecule has 0 aromatic carbocycles.